The summed E-state index contributed by atoms with van der Waals surface area (Å²) in [7, 11) is 0. The van der Waals surface area contributed by atoms with Crippen molar-refractivity contribution in [3.8, 4) is 5.75 Å². The van der Waals surface area contributed by atoms with Gasteiger partial charge in [0.2, 0.25) is 5.91 Å². The SMILES string of the molecule is CC(C)CCOc1ccc(NCC(=O)Nc2cccc(C(=O)NCc3ccccc3)c2)cc1. The van der Waals surface area contributed by atoms with Crippen molar-refractivity contribution in [2.75, 3.05) is 23.8 Å². The minimum Gasteiger partial charge on any atom is -0.494 e. The number of benzene rings is 3. The van der Waals surface area contributed by atoms with Gasteiger partial charge in [-0.3, -0.25) is 9.59 Å². The predicted octanol–water partition coefficient (Wildman–Crippen LogP) is 5.09. The molecule has 0 bridgehead atoms. The van der Waals surface area contributed by atoms with Gasteiger partial charge in [0.05, 0.1) is 13.2 Å². The van der Waals surface area contributed by atoms with E-state index in [0.717, 1.165) is 23.4 Å². The van der Waals surface area contributed by atoms with E-state index in [-0.39, 0.29) is 18.4 Å². The Morgan fingerprint density at radius 2 is 1.64 bits per heavy atom. The molecule has 0 aromatic heterocycles. The fraction of sp³-hybridized carbons (Fsp3) is 0.259. The zero-order valence-electron chi connectivity index (χ0n) is 19.1. The Bertz CT molecular complexity index is 1030. The highest BCUT2D eigenvalue weighted by molar-refractivity contribution is 5.98. The molecule has 3 N–H and O–H groups in total. The van der Waals surface area contributed by atoms with Gasteiger partial charge in [0.25, 0.3) is 5.91 Å². The van der Waals surface area contributed by atoms with Crippen LogP contribution in [-0.4, -0.2) is 25.0 Å². The standard InChI is InChI=1S/C27H31N3O3/c1-20(2)15-16-33-25-13-11-23(12-14-25)28-19-26(31)30-24-10-6-9-22(17-24)27(32)29-18-21-7-4-3-5-8-21/h3-14,17,20,28H,15-16,18-19H2,1-2H3,(H,29,32)(H,30,31). The van der Waals surface area contributed by atoms with E-state index < -0.39 is 0 Å². The monoisotopic (exact) mass is 445 g/mol. The van der Waals surface area contributed by atoms with Crippen LogP contribution in [0.4, 0.5) is 11.4 Å². The van der Waals surface area contributed by atoms with Crippen LogP contribution in [0.2, 0.25) is 0 Å². The van der Waals surface area contributed by atoms with E-state index in [1.54, 1.807) is 24.3 Å². The Morgan fingerprint density at radius 3 is 2.36 bits per heavy atom. The van der Waals surface area contributed by atoms with Gasteiger partial charge in [-0.2, -0.15) is 0 Å². The third-order valence-electron chi connectivity index (χ3n) is 4.98. The summed E-state index contributed by atoms with van der Waals surface area (Å²) in [4.78, 5) is 24.8. The highest BCUT2D eigenvalue weighted by atomic mass is 16.5. The molecule has 0 saturated heterocycles. The number of hydrogen-bond donors (Lipinski definition) is 3. The summed E-state index contributed by atoms with van der Waals surface area (Å²) in [5.41, 5.74) is 2.92. The van der Waals surface area contributed by atoms with E-state index in [2.05, 4.69) is 29.8 Å². The van der Waals surface area contributed by atoms with E-state index in [0.29, 0.717) is 30.3 Å². The molecule has 33 heavy (non-hydrogen) atoms. The summed E-state index contributed by atoms with van der Waals surface area (Å²) in [6.45, 7) is 5.58. The molecular formula is C27H31N3O3. The molecule has 6 heteroatoms. The van der Waals surface area contributed by atoms with Gasteiger partial charge in [0.15, 0.2) is 0 Å². The molecule has 6 nitrogen and oxygen atoms in total. The van der Waals surface area contributed by atoms with Gasteiger partial charge in [-0.1, -0.05) is 50.2 Å². The lowest BCUT2D eigenvalue weighted by Gasteiger charge is -2.11. The lowest BCUT2D eigenvalue weighted by atomic mass is 10.1. The molecule has 0 unspecified atom stereocenters. The van der Waals surface area contributed by atoms with E-state index in [4.69, 9.17) is 4.74 Å². The van der Waals surface area contributed by atoms with Crippen molar-refractivity contribution in [1.29, 1.82) is 0 Å². The van der Waals surface area contributed by atoms with Crippen molar-refractivity contribution < 1.29 is 14.3 Å². The maximum absolute atomic E-state index is 12.4. The van der Waals surface area contributed by atoms with E-state index in [9.17, 15) is 9.59 Å². The van der Waals surface area contributed by atoms with Crippen molar-refractivity contribution in [3.63, 3.8) is 0 Å². The molecule has 0 heterocycles. The average Bonchev–Trinajstić information content (AvgIpc) is 2.82. The molecule has 2 amide bonds. The van der Waals surface area contributed by atoms with Crippen molar-refractivity contribution in [2.45, 2.75) is 26.8 Å². The lowest BCUT2D eigenvalue weighted by Crippen LogP contribution is -2.24. The molecule has 0 aliphatic heterocycles. The number of anilines is 2. The van der Waals surface area contributed by atoms with Crippen molar-refractivity contribution in [3.05, 3.63) is 90.0 Å². The van der Waals surface area contributed by atoms with Crippen molar-refractivity contribution in [2.24, 2.45) is 5.92 Å². The van der Waals surface area contributed by atoms with Crippen LogP contribution in [0.3, 0.4) is 0 Å². The maximum atomic E-state index is 12.4. The summed E-state index contributed by atoms with van der Waals surface area (Å²) in [6.07, 6.45) is 1.01. The van der Waals surface area contributed by atoms with Gasteiger partial charge in [-0.25, -0.2) is 0 Å². The van der Waals surface area contributed by atoms with Crippen LogP contribution in [0.1, 0.15) is 36.2 Å². The van der Waals surface area contributed by atoms with E-state index in [1.807, 2.05) is 54.6 Å². The molecule has 3 aromatic rings. The lowest BCUT2D eigenvalue weighted by molar-refractivity contribution is -0.114. The van der Waals surface area contributed by atoms with Gasteiger partial charge in [-0.15, -0.1) is 0 Å². The van der Waals surface area contributed by atoms with Gasteiger partial charge in [-0.05, 0) is 60.4 Å². The fourth-order valence-electron chi connectivity index (χ4n) is 3.09. The number of amides is 2. The Labute approximate surface area is 195 Å². The fourth-order valence-corrected chi connectivity index (χ4v) is 3.09. The molecule has 3 rings (SSSR count). The van der Waals surface area contributed by atoms with Gasteiger partial charge in [0, 0.05) is 23.5 Å². The van der Waals surface area contributed by atoms with Crippen LogP contribution >= 0.6 is 0 Å². The normalized spacial score (nSPS) is 10.5. The first-order chi connectivity index (χ1) is 16.0. The Hall–Kier alpha value is -3.80. The molecular weight excluding hydrogens is 414 g/mol. The third kappa shape index (κ3) is 8.33. The number of carbonyl (C=O) groups is 2. The van der Waals surface area contributed by atoms with Crippen LogP contribution in [0, 0.1) is 5.92 Å². The summed E-state index contributed by atoms with van der Waals surface area (Å²) in [5, 5.41) is 8.81. The molecule has 172 valence electrons. The van der Waals surface area contributed by atoms with Gasteiger partial charge >= 0.3 is 0 Å². The molecule has 0 saturated carbocycles. The van der Waals surface area contributed by atoms with Crippen molar-refractivity contribution >= 4 is 23.2 Å². The zero-order valence-corrected chi connectivity index (χ0v) is 19.1. The summed E-state index contributed by atoms with van der Waals surface area (Å²) >= 11 is 0. The average molecular weight is 446 g/mol. The van der Waals surface area contributed by atoms with E-state index in [1.165, 1.54) is 0 Å². The summed E-state index contributed by atoms with van der Waals surface area (Å²) in [6, 6.07) is 24.2. The second kappa shape index (κ2) is 12.3. The number of rotatable bonds is 11. The first-order valence-electron chi connectivity index (χ1n) is 11.2. The number of hydrogen-bond acceptors (Lipinski definition) is 4. The number of nitrogens with one attached hydrogen (secondary N) is 3. The zero-order chi connectivity index (χ0) is 23.5. The van der Waals surface area contributed by atoms with Crippen LogP contribution in [0.5, 0.6) is 5.75 Å². The number of ether oxygens (including phenoxy) is 1. The van der Waals surface area contributed by atoms with Gasteiger partial charge < -0.3 is 20.7 Å². The Balaban J connectivity index is 1.45. The Morgan fingerprint density at radius 1 is 0.879 bits per heavy atom. The molecule has 0 aliphatic rings. The minimum absolute atomic E-state index is 0.109. The second-order valence-corrected chi connectivity index (χ2v) is 8.21. The summed E-state index contributed by atoms with van der Waals surface area (Å²) < 4.78 is 5.71. The third-order valence-corrected chi connectivity index (χ3v) is 4.98. The predicted molar refractivity (Wildman–Crippen MR) is 133 cm³/mol. The maximum Gasteiger partial charge on any atom is 0.251 e. The first kappa shape index (κ1) is 23.9. The number of carbonyl (C=O) groups excluding carboxylic acids is 2. The largest absolute Gasteiger partial charge is 0.494 e. The molecule has 0 fully saturated rings. The van der Waals surface area contributed by atoms with Gasteiger partial charge in [0.1, 0.15) is 5.75 Å². The molecule has 3 aromatic carbocycles. The summed E-state index contributed by atoms with van der Waals surface area (Å²) in [5.74, 6) is 1.03. The van der Waals surface area contributed by atoms with Crippen LogP contribution in [0.25, 0.3) is 0 Å². The topological polar surface area (TPSA) is 79.5 Å². The highest BCUT2D eigenvalue weighted by Gasteiger charge is 2.08. The van der Waals surface area contributed by atoms with Crippen molar-refractivity contribution in [1.82, 2.24) is 5.32 Å². The van der Waals surface area contributed by atoms with E-state index >= 15 is 0 Å². The molecule has 0 spiro atoms. The molecule has 0 aliphatic carbocycles. The quantitative estimate of drug-likeness (QED) is 0.384. The molecule has 0 radical (unpaired) electrons. The van der Waals surface area contributed by atoms with Crippen LogP contribution in [-0.2, 0) is 11.3 Å². The molecule has 0 atom stereocenters. The first-order valence-corrected chi connectivity index (χ1v) is 11.2. The van der Waals surface area contributed by atoms with Crippen LogP contribution < -0.4 is 20.7 Å². The van der Waals surface area contributed by atoms with Crippen LogP contribution in [0.15, 0.2) is 78.9 Å². The Kier molecular flexibility index (Phi) is 8.88. The smallest absolute Gasteiger partial charge is 0.251 e. The minimum atomic E-state index is -0.200. The second-order valence-electron chi connectivity index (χ2n) is 8.21. The highest BCUT2D eigenvalue weighted by Crippen LogP contribution is 2.17.